The Morgan fingerprint density at radius 3 is 2.53 bits per heavy atom. The fraction of sp³-hybridized carbons (Fsp3) is 0.312. The fourth-order valence-electron chi connectivity index (χ4n) is 2.37. The maximum atomic E-state index is 10.9. The third-order valence-electron chi connectivity index (χ3n) is 3.55. The van der Waals surface area contributed by atoms with Gasteiger partial charge in [0.05, 0.1) is 6.54 Å². The number of aliphatic carboxylic acids is 1. The monoisotopic (exact) mass is 257 g/mol. The maximum Gasteiger partial charge on any atom is 0.317 e. The van der Waals surface area contributed by atoms with Crippen LogP contribution in [0.25, 0.3) is 10.8 Å². The molecule has 1 N–H and O–H groups in total. The normalized spacial score (nSPS) is 12.8. The van der Waals surface area contributed by atoms with Crippen molar-refractivity contribution in [3.63, 3.8) is 0 Å². The van der Waals surface area contributed by atoms with Crippen molar-refractivity contribution in [2.45, 2.75) is 19.9 Å². The second-order valence-electron chi connectivity index (χ2n) is 4.74. The summed E-state index contributed by atoms with van der Waals surface area (Å²) in [5.41, 5.74) is 1.15. The largest absolute Gasteiger partial charge is 0.480 e. The lowest BCUT2D eigenvalue weighted by Crippen LogP contribution is -2.32. The summed E-state index contributed by atoms with van der Waals surface area (Å²) in [6.07, 6.45) is 0. The van der Waals surface area contributed by atoms with E-state index >= 15 is 0 Å². The smallest absolute Gasteiger partial charge is 0.317 e. The van der Waals surface area contributed by atoms with Gasteiger partial charge in [-0.05, 0) is 35.9 Å². The molecule has 0 radical (unpaired) electrons. The molecule has 0 aliphatic heterocycles. The number of hydrogen-bond acceptors (Lipinski definition) is 2. The van der Waals surface area contributed by atoms with Crippen molar-refractivity contribution in [2.24, 2.45) is 0 Å². The number of likely N-dealkylation sites (N-methyl/N-ethyl adjacent to an activating group) is 1. The molecule has 2 aromatic carbocycles. The number of nitrogens with zero attached hydrogens (tertiary/aromatic N) is 1. The molecule has 3 nitrogen and oxygen atoms in total. The number of carbonyl (C=O) groups is 1. The molecule has 3 heteroatoms. The SMILES string of the molecule is CCN(CC(=O)O)C(C)c1ccc2ccccc2c1. The molecule has 0 bridgehead atoms. The standard InChI is InChI=1S/C16H19NO2/c1-3-17(11-16(18)19)12(2)14-9-8-13-6-4-5-7-15(13)10-14/h4-10,12H,3,11H2,1-2H3,(H,18,19). The molecule has 0 saturated carbocycles. The second kappa shape index (κ2) is 5.85. The molecule has 0 heterocycles. The van der Waals surface area contributed by atoms with Crippen LogP contribution in [0.4, 0.5) is 0 Å². The highest BCUT2D eigenvalue weighted by Crippen LogP contribution is 2.24. The number of hydrogen-bond donors (Lipinski definition) is 1. The van der Waals surface area contributed by atoms with Crippen LogP contribution < -0.4 is 0 Å². The lowest BCUT2D eigenvalue weighted by Gasteiger charge is -2.26. The van der Waals surface area contributed by atoms with Crippen LogP contribution in [0.3, 0.4) is 0 Å². The molecule has 0 aliphatic carbocycles. The van der Waals surface area contributed by atoms with Crippen LogP contribution in [0.2, 0.25) is 0 Å². The molecule has 19 heavy (non-hydrogen) atoms. The van der Waals surface area contributed by atoms with Crippen molar-refractivity contribution in [3.8, 4) is 0 Å². The quantitative estimate of drug-likeness (QED) is 0.893. The molecule has 0 spiro atoms. The second-order valence-corrected chi connectivity index (χ2v) is 4.74. The number of carboxylic acid groups (broad SMARTS) is 1. The first-order valence-electron chi connectivity index (χ1n) is 6.56. The Morgan fingerprint density at radius 2 is 1.89 bits per heavy atom. The summed E-state index contributed by atoms with van der Waals surface area (Å²) < 4.78 is 0. The van der Waals surface area contributed by atoms with Crippen LogP contribution in [-0.2, 0) is 4.79 Å². The first-order valence-corrected chi connectivity index (χ1v) is 6.56. The first-order chi connectivity index (χ1) is 9.11. The summed E-state index contributed by atoms with van der Waals surface area (Å²) in [5, 5.41) is 11.3. The van der Waals surface area contributed by atoms with Gasteiger partial charge in [0.15, 0.2) is 0 Å². The van der Waals surface area contributed by atoms with E-state index in [2.05, 4.69) is 37.3 Å². The minimum Gasteiger partial charge on any atom is -0.480 e. The van der Waals surface area contributed by atoms with Crippen molar-refractivity contribution in [2.75, 3.05) is 13.1 Å². The third kappa shape index (κ3) is 3.12. The molecule has 1 atom stereocenters. The first kappa shape index (κ1) is 13.6. The molecule has 2 rings (SSSR count). The maximum absolute atomic E-state index is 10.9. The number of carboxylic acids is 1. The van der Waals surface area contributed by atoms with E-state index in [1.54, 1.807) is 0 Å². The van der Waals surface area contributed by atoms with Crippen LogP contribution in [0, 0.1) is 0 Å². The minimum atomic E-state index is -0.783. The van der Waals surface area contributed by atoms with Gasteiger partial charge >= 0.3 is 5.97 Å². The molecule has 2 aromatic rings. The van der Waals surface area contributed by atoms with Gasteiger partial charge in [-0.15, -0.1) is 0 Å². The fourth-order valence-corrected chi connectivity index (χ4v) is 2.37. The van der Waals surface area contributed by atoms with E-state index in [9.17, 15) is 4.79 Å². The third-order valence-corrected chi connectivity index (χ3v) is 3.55. The molecule has 1 unspecified atom stereocenters. The van der Waals surface area contributed by atoms with Gasteiger partial charge in [0, 0.05) is 6.04 Å². The van der Waals surface area contributed by atoms with Crippen molar-refractivity contribution in [1.29, 1.82) is 0 Å². The van der Waals surface area contributed by atoms with E-state index in [1.807, 2.05) is 24.0 Å². The topological polar surface area (TPSA) is 40.5 Å². The molecule has 0 fully saturated rings. The average molecular weight is 257 g/mol. The zero-order chi connectivity index (χ0) is 13.8. The van der Waals surface area contributed by atoms with Gasteiger partial charge in [-0.3, -0.25) is 9.69 Å². The average Bonchev–Trinajstić information content (AvgIpc) is 2.43. The molecular weight excluding hydrogens is 238 g/mol. The van der Waals surface area contributed by atoms with Crippen molar-refractivity contribution in [1.82, 2.24) is 4.90 Å². The molecule has 100 valence electrons. The highest BCUT2D eigenvalue weighted by Gasteiger charge is 2.16. The Hall–Kier alpha value is -1.87. The van der Waals surface area contributed by atoms with Crippen LogP contribution >= 0.6 is 0 Å². The number of fused-ring (bicyclic) bond motifs is 1. The van der Waals surface area contributed by atoms with Gasteiger partial charge < -0.3 is 5.11 Å². The Labute approximate surface area is 113 Å². The Morgan fingerprint density at radius 1 is 1.21 bits per heavy atom. The zero-order valence-corrected chi connectivity index (χ0v) is 11.3. The van der Waals surface area contributed by atoms with Crippen LogP contribution in [0.5, 0.6) is 0 Å². The lowest BCUT2D eigenvalue weighted by molar-refractivity contribution is -0.138. The van der Waals surface area contributed by atoms with Gasteiger partial charge in [-0.2, -0.15) is 0 Å². The summed E-state index contributed by atoms with van der Waals surface area (Å²) in [7, 11) is 0. The van der Waals surface area contributed by atoms with E-state index in [-0.39, 0.29) is 12.6 Å². The van der Waals surface area contributed by atoms with Crippen LogP contribution in [0.1, 0.15) is 25.5 Å². The van der Waals surface area contributed by atoms with E-state index in [4.69, 9.17) is 5.11 Å². The molecule has 0 amide bonds. The predicted octanol–water partition coefficient (Wildman–Crippen LogP) is 3.31. The van der Waals surface area contributed by atoms with E-state index in [0.29, 0.717) is 0 Å². The Kier molecular flexibility index (Phi) is 4.17. The Bertz CT molecular complexity index is 580. The summed E-state index contributed by atoms with van der Waals surface area (Å²) >= 11 is 0. The Balaban J connectivity index is 2.29. The van der Waals surface area contributed by atoms with E-state index in [1.165, 1.54) is 10.8 Å². The van der Waals surface area contributed by atoms with Crippen molar-refractivity contribution >= 4 is 16.7 Å². The summed E-state index contributed by atoms with van der Waals surface area (Å²) in [6.45, 7) is 4.84. The van der Waals surface area contributed by atoms with Gasteiger partial charge in [-0.1, -0.05) is 43.3 Å². The summed E-state index contributed by atoms with van der Waals surface area (Å²) in [5.74, 6) is -0.783. The van der Waals surface area contributed by atoms with Crippen molar-refractivity contribution in [3.05, 3.63) is 48.0 Å². The molecule has 0 aliphatic rings. The number of benzene rings is 2. The summed E-state index contributed by atoms with van der Waals surface area (Å²) in [6, 6.07) is 14.6. The van der Waals surface area contributed by atoms with E-state index in [0.717, 1.165) is 12.1 Å². The van der Waals surface area contributed by atoms with Gasteiger partial charge in [0.1, 0.15) is 0 Å². The predicted molar refractivity (Wildman–Crippen MR) is 77.2 cm³/mol. The van der Waals surface area contributed by atoms with Crippen LogP contribution in [-0.4, -0.2) is 29.1 Å². The number of rotatable bonds is 5. The van der Waals surface area contributed by atoms with Crippen LogP contribution in [0.15, 0.2) is 42.5 Å². The lowest BCUT2D eigenvalue weighted by atomic mass is 10.0. The van der Waals surface area contributed by atoms with Gasteiger partial charge in [0.2, 0.25) is 0 Å². The molecular formula is C16H19NO2. The summed E-state index contributed by atoms with van der Waals surface area (Å²) in [4.78, 5) is 12.8. The van der Waals surface area contributed by atoms with E-state index < -0.39 is 5.97 Å². The van der Waals surface area contributed by atoms with Gasteiger partial charge in [0.25, 0.3) is 0 Å². The highest BCUT2D eigenvalue weighted by atomic mass is 16.4. The highest BCUT2D eigenvalue weighted by molar-refractivity contribution is 5.83. The molecule has 0 aromatic heterocycles. The molecule has 0 saturated heterocycles. The van der Waals surface area contributed by atoms with Crippen molar-refractivity contribution < 1.29 is 9.90 Å². The van der Waals surface area contributed by atoms with Gasteiger partial charge in [-0.25, -0.2) is 0 Å². The zero-order valence-electron chi connectivity index (χ0n) is 11.3. The minimum absolute atomic E-state index is 0.0739.